The number of nitrogens with zero attached hydrogens (tertiary/aromatic N) is 3. The van der Waals surface area contributed by atoms with Gasteiger partial charge in [-0.25, -0.2) is 0 Å². The van der Waals surface area contributed by atoms with Crippen molar-refractivity contribution in [3.63, 3.8) is 0 Å². The molecule has 0 spiro atoms. The Morgan fingerprint density at radius 1 is 1.03 bits per heavy atom. The van der Waals surface area contributed by atoms with Gasteiger partial charge in [0, 0.05) is 51.5 Å². The van der Waals surface area contributed by atoms with Crippen molar-refractivity contribution in [2.75, 3.05) is 64.9 Å². The zero-order valence-corrected chi connectivity index (χ0v) is 19.6. The van der Waals surface area contributed by atoms with Crippen LogP contribution in [-0.4, -0.2) is 70.9 Å². The van der Waals surface area contributed by atoms with Gasteiger partial charge in [-0.2, -0.15) is 0 Å². The minimum Gasteiger partial charge on any atom is -0.493 e. The van der Waals surface area contributed by atoms with E-state index in [1.807, 2.05) is 18.2 Å². The summed E-state index contributed by atoms with van der Waals surface area (Å²) in [7, 11) is 3.29. The Balaban J connectivity index is 1.31. The molecule has 0 unspecified atom stereocenters. The molecule has 0 amide bonds. The lowest BCUT2D eigenvalue weighted by Gasteiger charge is -2.36. The molecule has 0 aliphatic carbocycles. The Bertz CT molecular complexity index is 878. The maximum atomic E-state index is 6.03. The van der Waals surface area contributed by atoms with Crippen LogP contribution >= 0.6 is 0 Å². The molecule has 7 nitrogen and oxygen atoms in total. The molecule has 2 aromatic rings. The van der Waals surface area contributed by atoms with Crippen molar-refractivity contribution < 1.29 is 9.47 Å². The number of nitrogens with two attached hydrogens (primary N) is 1. The minimum absolute atomic E-state index is 0.509. The highest BCUT2D eigenvalue weighted by Gasteiger charge is 2.16. The van der Waals surface area contributed by atoms with Crippen molar-refractivity contribution in [1.29, 1.82) is 0 Å². The highest BCUT2D eigenvalue weighted by atomic mass is 16.5. The van der Waals surface area contributed by atoms with Gasteiger partial charge in [0.05, 0.1) is 14.2 Å². The third-order valence-electron chi connectivity index (χ3n) is 5.82. The lowest BCUT2D eigenvalue weighted by Crippen LogP contribution is -2.46. The molecule has 0 saturated carbocycles. The molecule has 0 radical (unpaired) electrons. The highest BCUT2D eigenvalue weighted by molar-refractivity contribution is 5.77. The maximum absolute atomic E-state index is 6.03. The Kier molecular flexibility index (Phi) is 9.04. The Morgan fingerprint density at radius 3 is 2.53 bits per heavy atom. The Hall–Kier alpha value is -2.93. The molecule has 0 atom stereocenters. The number of hydrogen-bond donors (Lipinski definition) is 2. The van der Waals surface area contributed by atoms with E-state index in [1.54, 1.807) is 14.2 Å². The number of rotatable bonds is 10. The van der Waals surface area contributed by atoms with Gasteiger partial charge in [0.1, 0.15) is 0 Å². The van der Waals surface area contributed by atoms with Crippen molar-refractivity contribution in [2.45, 2.75) is 19.8 Å². The molecule has 3 N–H and O–H groups in total. The van der Waals surface area contributed by atoms with Crippen LogP contribution in [0.2, 0.25) is 0 Å². The predicted octanol–water partition coefficient (Wildman–Crippen LogP) is 2.67. The van der Waals surface area contributed by atoms with Crippen molar-refractivity contribution in [2.24, 2.45) is 10.7 Å². The van der Waals surface area contributed by atoms with Crippen LogP contribution in [0.4, 0.5) is 5.69 Å². The number of piperazine rings is 1. The van der Waals surface area contributed by atoms with E-state index in [0.29, 0.717) is 5.96 Å². The largest absolute Gasteiger partial charge is 0.493 e. The van der Waals surface area contributed by atoms with E-state index >= 15 is 0 Å². The number of guanidine groups is 1. The van der Waals surface area contributed by atoms with E-state index in [2.05, 4.69) is 51.3 Å². The molecule has 1 aliphatic heterocycles. The molecule has 1 heterocycles. The highest BCUT2D eigenvalue weighted by Crippen LogP contribution is 2.27. The number of methoxy groups -OCH3 is 2. The van der Waals surface area contributed by atoms with Gasteiger partial charge in [-0.1, -0.05) is 18.2 Å². The van der Waals surface area contributed by atoms with Crippen LogP contribution in [0.3, 0.4) is 0 Å². The lowest BCUT2D eigenvalue weighted by molar-refractivity contribution is 0.256. The first kappa shape index (κ1) is 23.7. The summed E-state index contributed by atoms with van der Waals surface area (Å²) in [6.45, 7) is 9.02. The summed E-state index contributed by atoms with van der Waals surface area (Å²) in [5.41, 5.74) is 9.84. The van der Waals surface area contributed by atoms with Crippen LogP contribution in [0.15, 0.2) is 47.5 Å². The standard InChI is InChI=1S/C25H37N5O2/c1-20-6-4-7-22(18-20)30-16-14-29(15-17-30)13-5-11-27-25(26)28-12-10-21-8-9-23(31-2)24(19-21)32-3/h4,6-9,18-19H,5,10-17H2,1-3H3,(H3,26,27,28). The minimum atomic E-state index is 0.509. The first-order valence-corrected chi connectivity index (χ1v) is 11.4. The van der Waals surface area contributed by atoms with Gasteiger partial charge >= 0.3 is 0 Å². The number of anilines is 1. The summed E-state index contributed by atoms with van der Waals surface area (Å²) in [4.78, 5) is 9.47. The molecule has 1 fully saturated rings. The summed E-state index contributed by atoms with van der Waals surface area (Å²) >= 11 is 0. The quantitative estimate of drug-likeness (QED) is 0.337. The summed E-state index contributed by atoms with van der Waals surface area (Å²) in [5.74, 6) is 1.99. The van der Waals surface area contributed by atoms with E-state index in [4.69, 9.17) is 15.2 Å². The van der Waals surface area contributed by atoms with Gasteiger partial charge in [-0.3, -0.25) is 9.89 Å². The fourth-order valence-corrected chi connectivity index (χ4v) is 3.98. The van der Waals surface area contributed by atoms with Crippen LogP contribution in [0.25, 0.3) is 0 Å². The first-order valence-electron chi connectivity index (χ1n) is 11.4. The molecule has 174 valence electrons. The third kappa shape index (κ3) is 7.05. The maximum Gasteiger partial charge on any atom is 0.188 e. The SMILES string of the molecule is COc1ccc(CCNC(N)=NCCCN2CCN(c3cccc(C)c3)CC2)cc1OC. The second-order valence-electron chi connectivity index (χ2n) is 8.15. The zero-order valence-electron chi connectivity index (χ0n) is 19.6. The van der Waals surface area contributed by atoms with Crippen LogP contribution in [0.1, 0.15) is 17.5 Å². The van der Waals surface area contributed by atoms with Crippen molar-refractivity contribution in [3.05, 3.63) is 53.6 Å². The van der Waals surface area contributed by atoms with E-state index in [-0.39, 0.29) is 0 Å². The van der Waals surface area contributed by atoms with Gasteiger partial charge in [-0.15, -0.1) is 0 Å². The van der Waals surface area contributed by atoms with Gasteiger partial charge in [0.15, 0.2) is 17.5 Å². The topological polar surface area (TPSA) is 75.4 Å². The fourth-order valence-electron chi connectivity index (χ4n) is 3.98. The first-order chi connectivity index (χ1) is 15.6. The number of nitrogens with one attached hydrogen (secondary N) is 1. The molecule has 32 heavy (non-hydrogen) atoms. The van der Waals surface area contributed by atoms with Crippen LogP contribution < -0.4 is 25.4 Å². The molecule has 1 aliphatic rings. The molecule has 0 bridgehead atoms. The summed E-state index contributed by atoms with van der Waals surface area (Å²) in [5, 5.41) is 3.20. The fraction of sp³-hybridized carbons (Fsp3) is 0.480. The van der Waals surface area contributed by atoms with E-state index in [9.17, 15) is 0 Å². The second kappa shape index (κ2) is 12.2. The van der Waals surface area contributed by atoms with Crippen LogP contribution in [0.5, 0.6) is 11.5 Å². The number of aliphatic imine (C=N–C) groups is 1. The number of ether oxygens (including phenoxy) is 2. The van der Waals surface area contributed by atoms with Crippen molar-refractivity contribution >= 4 is 11.6 Å². The third-order valence-corrected chi connectivity index (χ3v) is 5.82. The summed E-state index contributed by atoms with van der Waals surface area (Å²) in [6, 6.07) is 14.7. The van der Waals surface area contributed by atoms with Crippen LogP contribution in [0, 0.1) is 6.92 Å². The lowest BCUT2D eigenvalue weighted by atomic mass is 10.1. The van der Waals surface area contributed by atoms with Crippen LogP contribution in [-0.2, 0) is 6.42 Å². The number of hydrogen-bond acceptors (Lipinski definition) is 5. The molecule has 1 saturated heterocycles. The molecular formula is C25H37N5O2. The Labute approximate surface area is 192 Å². The average Bonchev–Trinajstić information content (AvgIpc) is 2.82. The average molecular weight is 440 g/mol. The van der Waals surface area contributed by atoms with Gasteiger partial charge in [0.25, 0.3) is 0 Å². The molecule has 2 aromatic carbocycles. The predicted molar refractivity (Wildman–Crippen MR) is 132 cm³/mol. The molecule has 0 aromatic heterocycles. The smallest absolute Gasteiger partial charge is 0.188 e. The number of aryl methyl sites for hydroxylation is 1. The second-order valence-corrected chi connectivity index (χ2v) is 8.15. The van der Waals surface area contributed by atoms with E-state index in [0.717, 1.165) is 75.7 Å². The molecule has 3 rings (SSSR count). The van der Waals surface area contributed by atoms with E-state index < -0.39 is 0 Å². The van der Waals surface area contributed by atoms with Gasteiger partial charge < -0.3 is 25.4 Å². The van der Waals surface area contributed by atoms with Crippen molar-refractivity contribution in [1.82, 2.24) is 10.2 Å². The number of benzene rings is 2. The van der Waals surface area contributed by atoms with Gasteiger partial charge in [0.2, 0.25) is 0 Å². The normalized spacial score (nSPS) is 15.0. The zero-order chi connectivity index (χ0) is 22.8. The molecular weight excluding hydrogens is 402 g/mol. The van der Waals surface area contributed by atoms with E-state index in [1.165, 1.54) is 11.3 Å². The summed E-state index contributed by atoms with van der Waals surface area (Å²) in [6.07, 6.45) is 1.85. The molecule has 7 heteroatoms. The monoisotopic (exact) mass is 439 g/mol. The van der Waals surface area contributed by atoms with Crippen molar-refractivity contribution in [3.8, 4) is 11.5 Å². The Morgan fingerprint density at radius 2 is 1.81 bits per heavy atom. The van der Waals surface area contributed by atoms with Gasteiger partial charge in [-0.05, 0) is 55.2 Å². The summed E-state index contributed by atoms with van der Waals surface area (Å²) < 4.78 is 10.6.